The second kappa shape index (κ2) is 3.77. The summed E-state index contributed by atoms with van der Waals surface area (Å²) in [5.41, 5.74) is -1.27. The molecule has 84 valence electrons. The third-order valence-corrected chi connectivity index (χ3v) is 2.09. The minimum atomic E-state index is -3.73. The first-order valence-electron chi connectivity index (χ1n) is 4.17. The molecule has 1 N–H and O–H groups in total. The van der Waals surface area contributed by atoms with Gasteiger partial charge < -0.3 is 5.11 Å². The number of aromatic nitrogens is 2. The topological polar surface area (TPSA) is 55.1 Å². The van der Waals surface area contributed by atoms with E-state index in [0.717, 1.165) is 4.68 Å². The minimum Gasteiger partial charge on any atom is -0.478 e. The Hall–Kier alpha value is -1.17. The van der Waals surface area contributed by atoms with Crippen LogP contribution in [-0.4, -0.2) is 20.9 Å². The highest BCUT2D eigenvalue weighted by atomic mass is 35.5. The zero-order valence-corrected chi connectivity index (χ0v) is 8.85. The van der Waals surface area contributed by atoms with Crippen LogP contribution < -0.4 is 0 Å². The fourth-order valence-electron chi connectivity index (χ4n) is 1.35. The van der Waals surface area contributed by atoms with Gasteiger partial charge in [0, 0.05) is 6.54 Å². The van der Waals surface area contributed by atoms with Gasteiger partial charge in [-0.15, -0.1) is 0 Å². The summed E-state index contributed by atoms with van der Waals surface area (Å²) in [6.45, 7) is 3.05. The van der Waals surface area contributed by atoms with E-state index in [2.05, 4.69) is 5.10 Å². The Kier molecular flexibility index (Phi) is 2.99. The van der Waals surface area contributed by atoms with Crippen LogP contribution in [0.3, 0.4) is 0 Å². The lowest BCUT2D eigenvalue weighted by Gasteiger charge is -2.10. The minimum absolute atomic E-state index is 0.0275. The molecule has 0 atom stereocenters. The number of hydrogen-bond acceptors (Lipinski definition) is 2. The molecule has 0 saturated heterocycles. The standard InChI is InChI=1S/C8H9ClF2N2O2/c1-3-13-6(8(9,10)11)5(7(14)15)4(2)12-13/h3H2,1-2H3,(H,14,15). The molecular formula is C8H9ClF2N2O2. The molecular weight excluding hydrogens is 230 g/mol. The van der Waals surface area contributed by atoms with Crippen molar-refractivity contribution in [3.8, 4) is 0 Å². The van der Waals surface area contributed by atoms with E-state index < -0.39 is 22.6 Å². The Morgan fingerprint density at radius 1 is 1.67 bits per heavy atom. The third-order valence-electron chi connectivity index (χ3n) is 1.91. The number of hydrogen-bond donors (Lipinski definition) is 1. The lowest BCUT2D eigenvalue weighted by atomic mass is 10.2. The fourth-order valence-corrected chi connectivity index (χ4v) is 1.55. The third kappa shape index (κ3) is 2.09. The van der Waals surface area contributed by atoms with Gasteiger partial charge in [0.05, 0.1) is 5.69 Å². The maximum atomic E-state index is 13.0. The molecule has 0 unspecified atom stereocenters. The van der Waals surface area contributed by atoms with Crippen molar-refractivity contribution in [1.82, 2.24) is 9.78 Å². The van der Waals surface area contributed by atoms with Crippen molar-refractivity contribution in [2.45, 2.75) is 25.8 Å². The van der Waals surface area contributed by atoms with Gasteiger partial charge in [-0.05, 0) is 25.4 Å². The van der Waals surface area contributed by atoms with E-state index in [1.54, 1.807) is 6.92 Å². The van der Waals surface area contributed by atoms with E-state index in [1.165, 1.54) is 6.92 Å². The molecule has 4 nitrogen and oxygen atoms in total. The van der Waals surface area contributed by atoms with Crippen LogP contribution in [0.25, 0.3) is 0 Å². The molecule has 1 aromatic rings. The average molecular weight is 239 g/mol. The summed E-state index contributed by atoms with van der Waals surface area (Å²) in [4.78, 5) is 10.8. The molecule has 1 heterocycles. The number of nitrogens with zero attached hydrogens (tertiary/aromatic N) is 2. The lowest BCUT2D eigenvalue weighted by Crippen LogP contribution is -2.16. The molecule has 0 bridgehead atoms. The van der Waals surface area contributed by atoms with Crippen LogP contribution in [0.15, 0.2) is 0 Å². The average Bonchev–Trinajstić information content (AvgIpc) is 2.41. The van der Waals surface area contributed by atoms with Crippen molar-refractivity contribution in [3.05, 3.63) is 17.0 Å². The van der Waals surface area contributed by atoms with Crippen LogP contribution in [0.5, 0.6) is 0 Å². The van der Waals surface area contributed by atoms with Crippen LogP contribution in [-0.2, 0) is 11.9 Å². The highest BCUT2D eigenvalue weighted by Crippen LogP contribution is 2.35. The van der Waals surface area contributed by atoms with E-state index in [-0.39, 0.29) is 12.2 Å². The SMILES string of the molecule is CCn1nc(C)c(C(=O)O)c1C(F)(F)Cl. The highest BCUT2D eigenvalue weighted by Gasteiger charge is 2.38. The van der Waals surface area contributed by atoms with Crippen LogP contribution in [0.4, 0.5) is 8.78 Å². The summed E-state index contributed by atoms with van der Waals surface area (Å²) >= 11 is 4.85. The molecule has 0 aliphatic heterocycles. The second-order valence-corrected chi connectivity index (χ2v) is 3.40. The van der Waals surface area contributed by atoms with Crippen molar-refractivity contribution in [2.24, 2.45) is 0 Å². The van der Waals surface area contributed by atoms with Crippen LogP contribution >= 0.6 is 11.6 Å². The molecule has 15 heavy (non-hydrogen) atoms. The Morgan fingerprint density at radius 2 is 2.20 bits per heavy atom. The Balaban J connectivity index is 3.50. The molecule has 0 radical (unpaired) electrons. The van der Waals surface area contributed by atoms with Crippen LogP contribution in [0.1, 0.15) is 28.7 Å². The number of halogens is 3. The van der Waals surface area contributed by atoms with Crippen molar-refractivity contribution >= 4 is 17.6 Å². The van der Waals surface area contributed by atoms with Gasteiger partial charge >= 0.3 is 11.4 Å². The van der Waals surface area contributed by atoms with Crippen LogP contribution in [0, 0.1) is 6.92 Å². The molecule has 1 aromatic heterocycles. The molecule has 0 amide bonds. The lowest BCUT2D eigenvalue weighted by molar-refractivity contribution is 0.0640. The largest absolute Gasteiger partial charge is 0.478 e. The molecule has 0 fully saturated rings. The van der Waals surface area contributed by atoms with Gasteiger partial charge in [-0.2, -0.15) is 13.9 Å². The molecule has 0 aromatic carbocycles. The summed E-state index contributed by atoms with van der Waals surface area (Å²) in [5.74, 6) is -1.46. The number of carboxylic acid groups (broad SMARTS) is 1. The highest BCUT2D eigenvalue weighted by molar-refractivity contribution is 6.22. The zero-order valence-electron chi connectivity index (χ0n) is 8.09. The van der Waals surface area contributed by atoms with E-state index in [4.69, 9.17) is 16.7 Å². The van der Waals surface area contributed by atoms with Crippen molar-refractivity contribution in [2.75, 3.05) is 0 Å². The monoisotopic (exact) mass is 238 g/mol. The predicted molar refractivity (Wildman–Crippen MR) is 49.3 cm³/mol. The van der Waals surface area contributed by atoms with Gasteiger partial charge in [0.1, 0.15) is 11.3 Å². The summed E-state index contributed by atoms with van der Waals surface area (Å²) in [5, 5.41) is 8.73. The molecule has 0 spiro atoms. The van der Waals surface area contributed by atoms with E-state index in [1.807, 2.05) is 0 Å². The van der Waals surface area contributed by atoms with Crippen LogP contribution in [0.2, 0.25) is 0 Å². The second-order valence-electron chi connectivity index (χ2n) is 2.93. The van der Waals surface area contributed by atoms with Gasteiger partial charge in [0.15, 0.2) is 0 Å². The first-order chi connectivity index (χ1) is 6.79. The number of carbonyl (C=O) groups is 1. The summed E-state index contributed by atoms with van der Waals surface area (Å²) in [6.07, 6.45) is 0. The Labute approximate surface area is 89.5 Å². The first-order valence-corrected chi connectivity index (χ1v) is 4.54. The molecule has 0 saturated carbocycles. The smallest absolute Gasteiger partial charge is 0.365 e. The Morgan fingerprint density at radius 3 is 2.53 bits per heavy atom. The maximum absolute atomic E-state index is 13.0. The van der Waals surface area contributed by atoms with E-state index in [0.29, 0.717) is 0 Å². The van der Waals surface area contributed by atoms with Crippen molar-refractivity contribution in [1.29, 1.82) is 0 Å². The fraction of sp³-hybridized carbons (Fsp3) is 0.500. The normalized spacial score (nSPS) is 11.8. The molecule has 0 aliphatic carbocycles. The van der Waals surface area contributed by atoms with Gasteiger partial charge in [0.25, 0.3) is 0 Å². The number of carboxylic acids is 1. The molecule has 7 heteroatoms. The number of aryl methyl sites for hydroxylation is 2. The number of alkyl halides is 3. The van der Waals surface area contributed by atoms with E-state index >= 15 is 0 Å². The van der Waals surface area contributed by atoms with Crippen molar-refractivity contribution in [3.63, 3.8) is 0 Å². The van der Waals surface area contributed by atoms with Crippen molar-refractivity contribution < 1.29 is 18.7 Å². The summed E-state index contributed by atoms with van der Waals surface area (Å²) in [7, 11) is 0. The first kappa shape index (κ1) is 11.9. The number of aromatic carboxylic acids is 1. The zero-order chi connectivity index (χ0) is 11.8. The predicted octanol–water partition coefficient (Wildman–Crippen LogP) is 2.20. The quantitative estimate of drug-likeness (QED) is 0.822. The van der Waals surface area contributed by atoms with E-state index in [9.17, 15) is 13.6 Å². The van der Waals surface area contributed by atoms with Gasteiger partial charge in [-0.1, -0.05) is 0 Å². The number of rotatable bonds is 3. The van der Waals surface area contributed by atoms with Gasteiger partial charge in [-0.25, -0.2) is 4.79 Å². The Bertz CT molecular complexity index is 398. The summed E-state index contributed by atoms with van der Waals surface area (Å²) < 4.78 is 26.8. The molecule has 0 aliphatic rings. The van der Waals surface area contributed by atoms with Gasteiger partial charge in [0.2, 0.25) is 0 Å². The maximum Gasteiger partial charge on any atom is 0.365 e. The van der Waals surface area contributed by atoms with Gasteiger partial charge in [-0.3, -0.25) is 4.68 Å². The molecule has 1 rings (SSSR count). The summed E-state index contributed by atoms with van der Waals surface area (Å²) in [6, 6.07) is 0.